The molecule has 0 fully saturated rings. The molecule has 0 amide bonds. The summed E-state index contributed by atoms with van der Waals surface area (Å²) in [6, 6.07) is 30.8. The lowest BCUT2D eigenvalue weighted by atomic mass is 10.1. The second-order valence-electron chi connectivity index (χ2n) is 7.53. The van der Waals surface area contributed by atoms with Gasteiger partial charge in [0.25, 0.3) is 5.82 Å². The quantitative estimate of drug-likeness (QED) is 0.234. The minimum atomic E-state index is -3.91. The van der Waals surface area contributed by atoms with Crippen LogP contribution in [0.5, 0.6) is 0 Å². The summed E-state index contributed by atoms with van der Waals surface area (Å²) in [6.45, 7) is 2.00. The summed E-state index contributed by atoms with van der Waals surface area (Å²) in [5.74, 6) is 0.471. The molecule has 5 aromatic rings. The normalized spacial score (nSPS) is 11.1. The van der Waals surface area contributed by atoms with E-state index >= 15 is 0 Å². The third-order valence-electron chi connectivity index (χ3n) is 5.17. The molecule has 5 rings (SSSR count). The van der Waals surface area contributed by atoms with Crippen LogP contribution in [0.15, 0.2) is 97.2 Å². The Morgan fingerprint density at radius 2 is 1.50 bits per heavy atom. The van der Waals surface area contributed by atoms with Gasteiger partial charge in [0.15, 0.2) is 5.69 Å². The molecule has 0 aliphatic heterocycles. The van der Waals surface area contributed by atoms with Crippen LogP contribution >= 0.6 is 0 Å². The molecule has 2 aromatic heterocycles. The van der Waals surface area contributed by atoms with Crippen molar-refractivity contribution in [3.63, 3.8) is 0 Å². The summed E-state index contributed by atoms with van der Waals surface area (Å²) in [6.07, 6.45) is 1.97. The molecule has 0 spiro atoms. The van der Waals surface area contributed by atoms with Gasteiger partial charge in [-0.05, 0) is 28.1 Å². The minimum Gasteiger partial charge on any atom is -0.748 e. The van der Waals surface area contributed by atoms with E-state index in [1.54, 1.807) is 0 Å². The second kappa shape index (κ2) is 10.4. The number of pyridine rings is 1. The Morgan fingerprint density at radius 1 is 0.882 bits per heavy atom. The molecule has 34 heavy (non-hydrogen) atoms. The first-order valence-corrected chi connectivity index (χ1v) is 12.4. The van der Waals surface area contributed by atoms with Gasteiger partial charge in [-0.15, -0.1) is 4.52 Å². The van der Waals surface area contributed by atoms with E-state index in [1.807, 2.05) is 59.2 Å². The lowest BCUT2D eigenvalue weighted by Crippen LogP contribution is -2.29. The molecule has 8 heteroatoms. The average Bonchev–Trinajstić information content (AvgIpc) is 2.88. The minimum absolute atomic E-state index is 0.312. The molecule has 0 saturated carbocycles. The van der Waals surface area contributed by atoms with E-state index < -0.39 is 10.1 Å². The number of hydrogen-bond acceptors (Lipinski definition) is 6. The Kier molecular flexibility index (Phi) is 7.10. The van der Waals surface area contributed by atoms with Crippen LogP contribution in [0.2, 0.25) is 0 Å². The summed E-state index contributed by atoms with van der Waals surface area (Å²) < 4.78 is 30.2. The number of rotatable bonds is 5. The Labute approximate surface area is 198 Å². The van der Waals surface area contributed by atoms with Crippen molar-refractivity contribution in [2.45, 2.75) is 13.5 Å². The van der Waals surface area contributed by atoms with Gasteiger partial charge in [0.1, 0.15) is 6.20 Å². The highest BCUT2D eigenvalue weighted by atomic mass is 32.2. The fourth-order valence-electron chi connectivity index (χ4n) is 3.39. The van der Waals surface area contributed by atoms with Gasteiger partial charge in [-0.3, -0.25) is 0 Å². The molecule has 0 aliphatic rings. The molecule has 0 bridgehead atoms. The molecule has 0 atom stereocenters. The second-order valence-corrected chi connectivity index (χ2v) is 9.22. The molecule has 2 heterocycles. The van der Waals surface area contributed by atoms with E-state index in [4.69, 9.17) is 10.1 Å². The third kappa shape index (κ3) is 5.72. The van der Waals surface area contributed by atoms with Crippen LogP contribution in [0.25, 0.3) is 27.7 Å². The standard InChI is InChI=1S/C24H18N4.C2H6O3S/c1-3-9-18(10-4-1)17-25-23-22(20-12-5-2-6-13-20)27-28-16-15-19-11-7-8-14-21(19)24(28)26-23;1-2-6(3,4)5/h1-16H,17H2;2H2,1H3,(H,3,4,5). The molecule has 7 nitrogen and oxygen atoms in total. The largest absolute Gasteiger partial charge is 0.748 e. The van der Waals surface area contributed by atoms with Crippen LogP contribution in [0.1, 0.15) is 12.5 Å². The zero-order valence-corrected chi connectivity index (χ0v) is 19.4. The Morgan fingerprint density at radius 3 is 2.18 bits per heavy atom. The van der Waals surface area contributed by atoms with Gasteiger partial charge in [0.05, 0.1) is 15.5 Å². The number of fused-ring (bicyclic) bond motifs is 3. The lowest BCUT2D eigenvalue weighted by molar-refractivity contribution is -0.580. The predicted octanol–water partition coefficient (Wildman–Crippen LogP) is 4.20. The van der Waals surface area contributed by atoms with Gasteiger partial charge >= 0.3 is 5.65 Å². The maximum absolute atomic E-state index is 9.44. The highest BCUT2D eigenvalue weighted by Crippen LogP contribution is 2.25. The van der Waals surface area contributed by atoms with Crippen molar-refractivity contribution in [1.82, 2.24) is 10.1 Å². The monoisotopic (exact) mass is 472 g/mol. The molecule has 3 aromatic carbocycles. The van der Waals surface area contributed by atoms with Crippen molar-refractivity contribution in [2.24, 2.45) is 0 Å². The fraction of sp³-hybridized carbons (Fsp3) is 0.115. The van der Waals surface area contributed by atoms with Crippen molar-refractivity contribution >= 4 is 32.4 Å². The first-order chi connectivity index (χ1) is 16.4. The number of aromatic nitrogens is 3. The van der Waals surface area contributed by atoms with Crippen molar-refractivity contribution < 1.29 is 17.5 Å². The van der Waals surface area contributed by atoms with Crippen molar-refractivity contribution in [3.8, 4) is 11.3 Å². The third-order valence-corrected chi connectivity index (χ3v) is 5.87. The summed E-state index contributed by atoms with van der Waals surface area (Å²) in [5.41, 5.74) is 3.92. The predicted molar refractivity (Wildman–Crippen MR) is 132 cm³/mol. The van der Waals surface area contributed by atoms with E-state index in [0.29, 0.717) is 6.54 Å². The van der Waals surface area contributed by atoms with E-state index in [9.17, 15) is 13.0 Å². The summed E-state index contributed by atoms with van der Waals surface area (Å²) in [7, 11) is -3.91. The first kappa shape index (κ1) is 23.3. The van der Waals surface area contributed by atoms with Gasteiger partial charge < -0.3 is 9.87 Å². The zero-order valence-electron chi connectivity index (χ0n) is 18.6. The molecular formula is C26H24N4O3S. The lowest BCUT2D eigenvalue weighted by Gasteiger charge is -2.07. The molecule has 1 N–H and O–H groups in total. The van der Waals surface area contributed by atoms with Crippen LogP contribution in [0, 0.1) is 0 Å². The molecule has 0 unspecified atom stereocenters. The zero-order chi connectivity index (χ0) is 24.0. The molecule has 0 radical (unpaired) electrons. The Bertz CT molecular complexity index is 1510. The molecule has 0 aliphatic carbocycles. The van der Waals surface area contributed by atoms with Crippen molar-refractivity contribution in [1.29, 1.82) is 0 Å². The number of benzene rings is 3. The summed E-state index contributed by atoms with van der Waals surface area (Å²) in [4.78, 5) is 4.98. The highest BCUT2D eigenvalue weighted by molar-refractivity contribution is 7.85. The van der Waals surface area contributed by atoms with Crippen molar-refractivity contribution in [3.05, 3.63) is 103 Å². The van der Waals surface area contributed by atoms with Gasteiger partial charge in [0.2, 0.25) is 0 Å². The number of hydrogen-bond donors (Lipinski definition) is 1. The smallest absolute Gasteiger partial charge is 0.358 e. The first-order valence-electron chi connectivity index (χ1n) is 10.8. The highest BCUT2D eigenvalue weighted by Gasteiger charge is 2.20. The van der Waals surface area contributed by atoms with Gasteiger partial charge in [-0.25, -0.2) is 8.42 Å². The van der Waals surface area contributed by atoms with Crippen LogP contribution in [-0.2, 0) is 16.7 Å². The van der Waals surface area contributed by atoms with Gasteiger partial charge in [0, 0.05) is 17.9 Å². The van der Waals surface area contributed by atoms with E-state index in [1.165, 1.54) is 12.5 Å². The van der Waals surface area contributed by atoms with E-state index in [2.05, 4.69) is 47.8 Å². The molecule has 172 valence electrons. The topological polar surface area (TPSA) is 99.1 Å². The maximum atomic E-state index is 9.44. The van der Waals surface area contributed by atoms with Gasteiger partial charge in [-0.2, -0.15) is 0 Å². The number of anilines is 1. The van der Waals surface area contributed by atoms with Crippen LogP contribution in [-0.4, -0.2) is 28.8 Å². The van der Waals surface area contributed by atoms with E-state index in [0.717, 1.165) is 33.5 Å². The summed E-state index contributed by atoms with van der Waals surface area (Å²) in [5, 5.41) is 10.6. The fourth-order valence-corrected chi connectivity index (χ4v) is 3.39. The molecular weight excluding hydrogens is 448 g/mol. The Balaban J connectivity index is 0.000000408. The van der Waals surface area contributed by atoms with Crippen LogP contribution in [0.4, 0.5) is 5.82 Å². The molecule has 0 saturated heterocycles. The maximum Gasteiger partial charge on any atom is 0.358 e. The average molecular weight is 473 g/mol. The van der Waals surface area contributed by atoms with Crippen LogP contribution < -0.4 is 9.83 Å². The van der Waals surface area contributed by atoms with Crippen LogP contribution in [0.3, 0.4) is 0 Å². The van der Waals surface area contributed by atoms with E-state index in [-0.39, 0.29) is 5.75 Å². The SMILES string of the molecule is CCS(=O)(=O)[O-].c1ccc(CNc2nc3c4ccccc4cc[n+]3nc2-c2ccccc2)cc1. The van der Waals surface area contributed by atoms with Gasteiger partial charge in [-0.1, -0.05) is 90.9 Å². The summed E-state index contributed by atoms with van der Waals surface area (Å²) >= 11 is 0. The van der Waals surface area contributed by atoms with Crippen molar-refractivity contribution in [2.75, 3.05) is 11.1 Å². The number of nitrogens with zero attached hydrogens (tertiary/aromatic N) is 3. The number of nitrogens with one attached hydrogen (secondary N) is 1. The Hall–Kier alpha value is -3.88.